The van der Waals surface area contributed by atoms with E-state index in [4.69, 9.17) is 9.47 Å². The van der Waals surface area contributed by atoms with Gasteiger partial charge in [-0.15, -0.1) is 11.3 Å². The molecule has 2 amide bonds. The molecule has 2 heterocycles. The van der Waals surface area contributed by atoms with Gasteiger partial charge in [0.25, 0.3) is 5.91 Å². The summed E-state index contributed by atoms with van der Waals surface area (Å²) in [5.41, 5.74) is 1.20. The second kappa shape index (κ2) is 7.89. The van der Waals surface area contributed by atoms with Crippen LogP contribution in [0.4, 0.5) is 5.13 Å². The highest BCUT2D eigenvalue weighted by molar-refractivity contribution is 7.15. The van der Waals surface area contributed by atoms with Gasteiger partial charge in [-0.3, -0.25) is 9.59 Å². The van der Waals surface area contributed by atoms with E-state index in [1.54, 1.807) is 51.1 Å². The summed E-state index contributed by atoms with van der Waals surface area (Å²) in [6, 6.07) is 4.59. The van der Waals surface area contributed by atoms with Crippen LogP contribution >= 0.6 is 11.3 Å². The van der Waals surface area contributed by atoms with Crippen molar-refractivity contribution in [2.24, 2.45) is 7.05 Å². The summed E-state index contributed by atoms with van der Waals surface area (Å²) in [4.78, 5) is 30.2. The number of thiazole rings is 1. The zero-order valence-corrected chi connectivity index (χ0v) is 17.1. The number of hydrogen-bond donors (Lipinski definition) is 2. The van der Waals surface area contributed by atoms with Gasteiger partial charge in [0.1, 0.15) is 23.2 Å². The van der Waals surface area contributed by atoms with E-state index >= 15 is 0 Å². The van der Waals surface area contributed by atoms with Crippen molar-refractivity contribution in [1.82, 2.24) is 14.9 Å². The predicted molar refractivity (Wildman–Crippen MR) is 108 cm³/mol. The number of rotatable bonds is 6. The van der Waals surface area contributed by atoms with Crippen LogP contribution in [-0.4, -0.2) is 41.6 Å². The van der Waals surface area contributed by atoms with Crippen LogP contribution in [0.5, 0.6) is 11.5 Å². The van der Waals surface area contributed by atoms with Gasteiger partial charge < -0.3 is 24.7 Å². The molecule has 0 aliphatic heterocycles. The first-order valence-electron chi connectivity index (χ1n) is 8.59. The molecule has 28 heavy (non-hydrogen) atoms. The Morgan fingerprint density at radius 2 is 1.96 bits per heavy atom. The van der Waals surface area contributed by atoms with E-state index in [0.717, 1.165) is 15.8 Å². The molecule has 8 nitrogen and oxygen atoms in total. The maximum Gasteiger partial charge on any atom is 0.268 e. The number of nitrogens with one attached hydrogen (secondary N) is 2. The minimum atomic E-state index is -0.730. The Kier molecular flexibility index (Phi) is 5.55. The standard InChI is InChI=1S/C19H22N4O4S/c1-10-9-20-19(28-10)22-17(24)11(2)21-18(25)15-8-13-14(23(15)3)6-12(26-4)7-16(13)27-5/h6-9,11H,1-5H3,(H,21,25)(H,20,22,24). The maximum atomic E-state index is 12.8. The SMILES string of the molecule is COc1cc(OC)c2cc(C(=O)NC(C)C(=O)Nc3ncc(C)s3)n(C)c2c1. The van der Waals surface area contributed by atoms with E-state index in [1.165, 1.54) is 11.3 Å². The summed E-state index contributed by atoms with van der Waals surface area (Å²) in [5, 5.41) is 6.72. The van der Waals surface area contributed by atoms with E-state index in [2.05, 4.69) is 15.6 Å². The normalized spacial score (nSPS) is 11.9. The summed E-state index contributed by atoms with van der Waals surface area (Å²) in [7, 11) is 4.91. The molecular formula is C19H22N4O4S. The van der Waals surface area contributed by atoms with Crippen LogP contribution in [0, 0.1) is 6.92 Å². The quantitative estimate of drug-likeness (QED) is 0.661. The van der Waals surface area contributed by atoms with Gasteiger partial charge in [-0.1, -0.05) is 0 Å². The number of amides is 2. The molecule has 2 aromatic heterocycles. The molecule has 0 saturated carbocycles. The van der Waals surface area contributed by atoms with Gasteiger partial charge >= 0.3 is 0 Å². The summed E-state index contributed by atoms with van der Waals surface area (Å²) < 4.78 is 12.4. The van der Waals surface area contributed by atoms with E-state index in [9.17, 15) is 9.59 Å². The first kappa shape index (κ1) is 19.7. The van der Waals surface area contributed by atoms with Crippen molar-refractivity contribution in [3.63, 3.8) is 0 Å². The lowest BCUT2D eigenvalue weighted by Crippen LogP contribution is -2.42. The third-order valence-corrected chi connectivity index (χ3v) is 5.21. The number of hydrogen-bond acceptors (Lipinski definition) is 6. The van der Waals surface area contributed by atoms with Gasteiger partial charge in [-0.05, 0) is 19.9 Å². The fraction of sp³-hybridized carbons (Fsp3) is 0.316. The van der Waals surface area contributed by atoms with Gasteiger partial charge in [0.2, 0.25) is 5.91 Å². The average Bonchev–Trinajstić information content (AvgIpc) is 3.23. The van der Waals surface area contributed by atoms with Crippen LogP contribution in [0.1, 0.15) is 22.3 Å². The molecule has 0 fully saturated rings. The van der Waals surface area contributed by atoms with Gasteiger partial charge in [0.05, 0.1) is 19.7 Å². The van der Waals surface area contributed by atoms with Gasteiger partial charge in [-0.25, -0.2) is 4.98 Å². The molecular weight excluding hydrogens is 380 g/mol. The number of anilines is 1. The molecule has 0 aliphatic carbocycles. The molecule has 0 spiro atoms. The Labute approximate surface area is 166 Å². The van der Waals surface area contributed by atoms with E-state index in [0.29, 0.717) is 22.3 Å². The lowest BCUT2D eigenvalue weighted by atomic mass is 10.2. The van der Waals surface area contributed by atoms with Crippen LogP contribution < -0.4 is 20.1 Å². The van der Waals surface area contributed by atoms with E-state index < -0.39 is 6.04 Å². The second-order valence-corrected chi connectivity index (χ2v) is 7.55. The van der Waals surface area contributed by atoms with E-state index in [-0.39, 0.29) is 11.8 Å². The van der Waals surface area contributed by atoms with Crippen molar-refractivity contribution in [2.75, 3.05) is 19.5 Å². The number of benzene rings is 1. The van der Waals surface area contributed by atoms with Crippen molar-refractivity contribution in [3.05, 3.63) is 35.0 Å². The van der Waals surface area contributed by atoms with Gasteiger partial charge in [-0.2, -0.15) is 0 Å². The molecule has 0 aliphatic rings. The lowest BCUT2D eigenvalue weighted by Gasteiger charge is -2.13. The molecule has 0 radical (unpaired) electrons. The summed E-state index contributed by atoms with van der Waals surface area (Å²) in [5.74, 6) is 0.538. The number of methoxy groups -OCH3 is 2. The molecule has 148 valence electrons. The Hall–Kier alpha value is -3.07. The van der Waals surface area contributed by atoms with Crippen LogP contribution in [0.2, 0.25) is 0 Å². The third-order valence-electron chi connectivity index (χ3n) is 4.38. The number of carbonyl (C=O) groups is 2. The van der Waals surface area contributed by atoms with E-state index in [1.807, 2.05) is 13.0 Å². The van der Waals surface area contributed by atoms with Crippen molar-refractivity contribution in [1.29, 1.82) is 0 Å². The lowest BCUT2D eigenvalue weighted by molar-refractivity contribution is -0.117. The minimum Gasteiger partial charge on any atom is -0.497 e. The molecule has 1 unspecified atom stereocenters. The fourth-order valence-corrected chi connectivity index (χ4v) is 3.51. The molecule has 2 N–H and O–H groups in total. The van der Waals surface area contributed by atoms with Gasteiger partial charge in [0.15, 0.2) is 5.13 Å². The van der Waals surface area contributed by atoms with Crippen LogP contribution in [0.25, 0.3) is 10.9 Å². The number of nitrogens with zero attached hydrogens (tertiary/aromatic N) is 2. The summed E-state index contributed by atoms with van der Waals surface area (Å²) in [6.45, 7) is 3.53. The zero-order chi connectivity index (χ0) is 20.4. The van der Waals surface area contributed by atoms with Crippen LogP contribution in [0.15, 0.2) is 24.4 Å². The summed E-state index contributed by atoms with van der Waals surface area (Å²) in [6.07, 6.45) is 1.68. The number of fused-ring (bicyclic) bond motifs is 1. The third kappa shape index (κ3) is 3.79. The zero-order valence-electron chi connectivity index (χ0n) is 16.3. The highest BCUT2D eigenvalue weighted by Gasteiger charge is 2.21. The average molecular weight is 402 g/mol. The molecule has 9 heteroatoms. The smallest absolute Gasteiger partial charge is 0.268 e. The molecule has 1 aromatic carbocycles. The predicted octanol–water partition coefficient (Wildman–Crippen LogP) is 2.72. The first-order valence-corrected chi connectivity index (χ1v) is 9.41. The highest BCUT2D eigenvalue weighted by atomic mass is 32.1. The first-order chi connectivity index (χ1) is 13.3. The maximum absolute atomic E-state index is 12.8. The largest absolute Gasteiger partial charge is 0.497 e. The van der Waals surface area contributed by atoms with Crippen LogP contribution in [0.3, 0.4) is 0 Å². The fourth-order valence-electron chi connectivity index (χ4n) is 2.84. The number of ether oxygens (including phenoxy) is 2. The Bertz CT molecular complexity index is 1040. The molecule has 0 saturated heterocycles. The van der Waals surface area contributed by atoms with Crippen molar-refractivity contribution >= 4 is 39.2 Å². The van der Waals surface area contributed by atoms with Crippen LogP contribution in [-0.2, 0) is 11.8 Å². The number of aromatic nitrogens is 2. The molecule has 1 atom stereocenters. The minimum absolute atomic E-state index is 0.333. The Morgan fingerprint density at radius 3 is 2.57 bits per heavy atom. The second-order valence-electron chi connectivity index (χ2n) is 6.31. The number of carbonyl (C=O) groups excluding carboxylic acids is 2. The van der Waals surface area contributed by atoms with Gasteiger partial charge in [0, 0.05) is 35.6 Å². The summed E-state index contributed by atoms with van der Waals surface area (Å²) >= 11 is 1.38. The molecule has 3 aromatic rings. The Morgan fingerprint density at radius 1 is 1.21 bits per heavy atom. The van der Waals surface area contributed by atoms with Crippen molar-refractivity contribution in [3.8, 4) is 11.5 Å². The van der Waals surface area contributed by atoms with Crippen molar-refractivity contribution < 1.29 is 19.1 Å². The topological polar surface area (TPSA) is 94.5 Å². The number of aryl methyl sites for hydroxylation is 2. The molecule has 3 rings (SSSR count). The Balaban J connectivity index is 1.81. The van der Waals surface area contributed by atoms with Crippen molar-refractivity contribution in [2.45, 2.75) is 19.9 Å². The highest BCUT2D eigenvalue weighted by Crippen LogP contribution is 2.33. The molecule has 0 bridgehead atoms. The monoisotopic (exact) mass is 402 g/mol.